The van der Waals surface area contributed by atoms with E-state index in [9.17, 15) is 0 Å². The Hall–Kier alpha value is -0.610. The van der Waals surface area contributed by atoms with Crippen LogP contribution in [-0.4, -0.2) is 27.8 Å². The largest absolute Gasteiger partial charge is 0.313 e. The first-order valence-corrected chi connectivity index (χ1v) is 7.18. The molecular weight excluding hydrogens is 230 g/mol. The molecule has 3 nitrogen and oxygen atoms in total. The zero-order valence-electron chi connectivity index (χ0n) is 10.8. The molecule has 2 atom stereocenters. The lowest BCUT2D eigenvalue weighted by molar-refractivity contribution is 0.290. The maximum absolute atomic E-state index is 4.31. The van der Waals surface area contributed by atoms with Crippen molar-refractivity contribution in [3.05, 3.63) is 18.5 Å². The molecule has 1 aromatic rings. The summed E-state index contributed by atoms with van der Waals surface area (Å²) in [5.41, 5.74) is 0.377. The van der Waals surface area contributed by atoms with Gasteiger partial charge in [-0.15, -0.1) is 0 Å². The number of nitrogens with zero attached hydrogens (tertiary/aromatic N) is 2. The third-order valence-electron chi connectivity index (χ3n) is 3.51. The van der Waals surface area contributed by atoms with Gasteiger partial charge in [-0.2, -0.15) is 0 Å². The average Bonchev–Trinajstić information content (AvgIpc) is 2.58. The maximum Gasteiger partial charge on any atom is 0.187 e. The molecule has 1 N–H and O–H groups in total. The monoisotopic (exact) mass is 251 g/mol. The molecule has 0 saturated heterocycles. The molecule has 1 aliphatic rings. The lowest BCUT2D eigenvalue weighted by atomic mass is 9.87. The highest BCUT2D eigenvalue weighted by atomic mass is 32.2. The fourth-order valence-electron chi connectivity index (χ4n) is 2.58. The van der Waals surface area contributed by atoms with Crippen LogP contribution in [-0.2, 0) is 0 Å². The van der Waals surface area contributed by atoms with Crippen molar-refractivity contribution in [2.75, 3.05) is 6.54 Å². The van der Waals surface area contributed by atoms with E-state index in [0.717, 1.165) is 11.7 Å². The second-order valence-corrected chi connectivity index (χ2v) is 6.46. The van der Waals surface area contributed by atoms with Crippen LogP contribution in [0.1, 0.15) is 33.6 Å². The van der Waals surface area contributed by atoms with E-state index in [1.54, 1.807) is 0 Å². The Labute approximate surface area is 108 Å². The van der Waals surface area contributed by atoms with Crippen molar-refractivity contribution < 1.29 is 0 Å². The molecule has 0 aromatic carbocycles. The molecule has 1 heterocycles. The molecule has 0 spiro atoms. The highest BCUT2D eigenvalue weighted by molar-refractivity contribution is 7.99. The minimum atomic E-state index is 0.377. The van der Waals surface area contributed by atoms with Gasteiger partial charge in [0, 0.05) is 23.7 Å². The zero-order valence-corrected chi connectivity index (χ0v) is 11.6. The van der Waals surface area contributed by atoms with Crippen molar-refractivity contribution >= 4 is 11.8 Å². The summed E-state index contributed by atoms with van der Waals surface area (Å²) in [6, 6.07) is 2.42. The van der Waals surface area contributed by atoms with Crippen molar-refractivity contribution in [2.45, 2.75) is 50.1 Å². The molecule has 2 rings (SSSR count). The molecule has 4 heteroatoms. The van der Waals surface area contributed by atoms with Gasteiger partial charge in [-0.05, 0) is 30.9 Å². The third-order valence-corrected chi connectivity index (χ3v) is 4.74. The number of thioether (sulfide) groups is 1. The number of rotatable bonds is 4. The van der Waals surface area contributed by atoms with E-state index >= 15 is 0 Å². The molecule has 0 amide bonds. The van der Waals surface area contributed by atoms with Gasteiger partial charge in [0.1, 0.15) is 0 Å². The summed E-state index contributed by atoms with van der Waals surface area (Å²) in [7, 11) is 0. The van der Waals surface area contributed by atoms with Crippen LogP contribution in [0.4, 0.5) is 0 Å². The molecule has 1 saturated carbocycles. The molecule has 17 heavy (non-hydrogen) atoms. The van der Waals surface area contributed by atoms with Crippen molar-refractivity contribution in [2.24, 2.45) is 5.41 Å². The topological polar surface area (TPSA) is 37.8 Å². The predicted octanol–water partition coefficient (Wildman–Crippen LogP) is 2.74. The Balaban J connectivity index is 2.06. The standard InChI is InChI=1S/C13H21N3S/c1-4-14-11-10(6-7-13(11,2)3)17-12-15-8-5-9-16-12/h5,8-11,14H,4,6-7H2,1-3H3. The maximum atomic E-state index is 4.31. The molecule has 1 fully saturated rings. The highest BCUT2D eigenvalue weighted by Crippen LogP contribution is 2.44. The fourth-order valence-corrected chi connectivity index (χ4v) is 3.93. The summed E-state index contributed by atoms with van der Waals surface area (Å²) in [4.78, 5) is 8.62. The summed E-state index contributed by atoms with van der Waals surface area (Å²) in [6.45, 7) is 7.91. The van der Waals surface area contributed by atoms with E-state index in [1.807, 2.05) is 30.2 Å². The van der Waals surface area contributed by atoms with Gasteiger partial charge in [0.15, 0.2) is 5.16 Å². The molecule has 0 bridgehead atoms. The van der Waals surface area contributed by atoms with E-state index in [0.29, 0.717) is 16.7 Å². The van der Waals surface area contributed by atoms with E-state index < -0.39 is 0 Å². The summed E-state index contributed by atoms with van der Waals surface area (Å²) >= 11 is 1.82. The van der Waals surface area contributed by atoms with Gasteiger partial charge in [0.05, 0.1) is 0 Å². The minimum absolute atomic E-state index is 0.377. The molecule has 94 valence electrons. The minimum Gasteiger partial charge on any atom is -0.313 e. The summed E-state index contributed by atoms with van der Waals surface area (Å²) in [6.07, 6.45) is 6.15. The van der Waals surface area contributed by atoms with Gasteiger partial charge in [-0.3, -0.25) is 0 Å². The van der Waals surface area contributed by atoms with Gasteiger partial charge in [-0.25, -0.2) is 9.97 Å². The van der Waals surface area contributed by atoms with Crippen LogP contribution in [0.5, 0.6) is 0 Å². The second kappa shape index (κ2) is 5.36. The number of nitrogens with one attached hydrogen (secondary N) is 1. The molecule has 1 aromatic heterocycles. The smallest absolute Gasteiger partial charge is 0.187 e. The Kier molecular flexibility index (Phi) is 4.05. The van der Waals surface area contributed by atoms with Crippen molar-refractivity contribution in [3.8, 4) is 0 Å². The van der Waals surface area contributed by atoms with Crippen LogP contribution in [0.25, 0.3) is 0 Å². The summed E-state index contributed by atoms with van der Waals surface area (Å²) in [5, 5.41) is 5.12. The number of hydrogen-bond donors (Lipinski definition) is 1. The predicted molar refractivity (Wildman–Crippen MR) is 72.2 cm³/mol. The van der Waals surface area contributed by atoms with Crippen LogP contribution in [0.3, 0.4) is 0 Å². The SMILES string of the molecule is CCNC1C(Sc2ncccn2)CCC1(C)C. The molecular formula is C13H21N3S. The first kappa shape index (κ1) is 12.8. The second-order valence-electron chi connectivity index (χ2n) is 5.25. The third kappa shape index (κ3) is 2.99. The molecule has 1 aliphatic carbocycles. The summed E-state index contributed by atoms with van der Waals surface area (Å²) in [5.74, 6) is 0. The first-order chi connectivity index (χ1) is 8.13. The average molecular weight is 251 g/mol. The van der Waals surface area contributed by atoms with Gasteiger partial charge in [-0.1, -0.05) is 32.5 Å². The van der Waals surface area contributed by atoms with Crippen LogP contribution >= 0.6 is 11.8 Å². The van der Waals surface area contributed by atoms with Gasteiger partial charge in [0.2, 0.25) is 0 Å². The molecule has 0 radical (unpaired) electrons. The zero-order chi connectivity index (χ0) is 12.3. The Morgan fingerprint density at radius 2 is 2.12 bits per heavy atom. The van der Waals surface area contributed by atoms with Gasteiger partial charge >= 0.3 is 0 Å². The van der Waals surface area contributed by atoms with E-state index in [-0.39, 0.29) is 0 Å². The summed E-state index contributed by atoms with van der Waals surface area (Å²) < 4.78 is 0. The van der Waals surface area contributed by atoms with Crippen LogP contribution < -0.4 is 5.32 Å². The van der Waals surface area contributed by atoms with Crippen LogP contribution in [0.15, 0.2) is 23.6 Å². The molecule has 0 aliphatic heterocycles. The first-order valence-electron chi connectivity index (χ1n) is 6.30. The van der Waals surface area contributed by atoms with Crippen molar-refractivity contribution in [3.63, 3.8) is 0 Å². The van der Waals surface area contributed by atoms with Crippen molar-refractivity contribution in [1.29, 1.82) is 0 Å². The quantitative estimate of drug-likeness (QED) is 0.835. The lowest BCUT2D eigenvalue weighted by Gasteiger charge is -2.30. The van der Waals surface area contributed by atoms with Gasteiger partial charge in [0.25, 0.3) is 0 Å². The van der Waals surface area contributed by atoms with E-state index in [2.05, 4.69) is 36.1 Å². The Bertz CT molecular complexity index is 353. The highest BCUT2D eigenvalue weighted by Gasteiger charge is 2.42. The van der Waals surface area contributed by atoms with Gasteiger partial charge < -0.3 is 5.32 Å². The lowest BCUT2D eigenvalue weighted by Crippen LogP contribution is -2.43. The van der Waals surface area contributed by atoms with E-state index in [4.69, 9.17) is 0 Å². The Morgan fingerprint density at radius 1 is 1.41 bits per heavy atom. The molecule has 2 unspecified atom stereocenters. The van der Waals surface area contributed by atoms with Crippen molar-refractivity contribution in [1.82, 2.24) is 15.3 Å². The Morgan fingerprint density at radius 3 is 2.76 bits per heavy atom. The van der Waals surface area contributed by atoms with E-state index in [1.165, 1.54) is 12.8 Å². The fraction of sp³-hybridized carbons (Fsp3) is 0.692. The van der Waals surface area contributed by atoms with Crippen LogP contribution in [0, 0.1) is 5.41 Å². The number of hydrogen-bond acceptors (Lipinski definition) is 4. The van der Waals surface area contributed by atoms with Crippen LogP contribution in [0.2, 0.25) is 0 Å². The number of aromatic nitrogens is 2. The normalized spacial score (nSPS) is 27.2.